The van der Waals surface area contributed by atoms with Crippen molar-refractivity contribution in [1.82, 2.24) is 23.6 Å². The molecular weight excluding hydrogens is 490 g/mol. The van der Waals surface area contributed by atoms with Gasteiger partial charge < -0.3 is 9.30 Å². The van der Waals surface area contributed by atoms with E-state index in [2.05, 4.69) is 33.7 Å². The molecule has 5 aliphatic rings. The zero-order valence-electron chi connectivity index (χ0n) is 23.1. The van der Waals surface area contributed by atoms with Gasteiger partial charge in [-0.3, -0.25) is 18.8 Å². The van der Waals surface area contributed by atoms with Crippen molar-refractivity contribution in [3.63, 3.8) is 0 Å². The van der Waals surface area contributed by atoms with E-state index >= 15 is 0 Å². The van der Waals surface area contributed by atoms with E-state index in [1.165, 1.54) is 30.3 Å². The molecule has 1 saturated heterocycles. The smallest absolute Gasteiger partial charge is 0.332 e. The van der Waals surface area contributed by atoms with Gasteiger partial charge in [0.2, 0.25) is 0 Å². The van der Waals surface area contributed by atoms with Gasteiger partial charge in [0.05, 0.1) is 13.2 Å². The first kappa shape index (κ1) is 25.3. The Bertz CT molecular complexity index is 1450. The first-order valence-electron chi connectivity index (χ1n) is 15.2. The fourth-order valence-corrected chi connectivity index (χ4v) is 8.53. The summed E-state index contributed by atoms with van der Waals surface area (Å²) in [5, 5.41) is 0. The molecule has 8 rings (SSSR count). The van der Waals surface area contributed by atoms with E-state index < -0.39 is 0 Å². The molecule has 3 heterocycles. The predicted octanol–water partition coefficient (Wildman–Crippen LogP) is 3.69. The monoisotopic (exact) mass is 531 g/mol. The minimum absolute atomic E-state index is 0.177. The summed E-state index contributed by atoms with van der Waals surface area (Å²) in [6.45, 7) is 7.96. The Morgan fingerprint density at radius 1 is 0.897 bits per heavy atom. The van der Waals surface area contributed by atoms with Gasteiger partial charge in [-0.2, -0.15) is 0 Å². The van der Waals surface area contributed by atoms with Gasteiger partial charge in [-0.25, -0.2) is 9.78 Å². The van der Waals surface area contributed by atoms with Crippen molar-refractivity contribution in [3.8, 4) is 0 Å². The third-order valence-electron chi connectivity index (χ3n) is 10.1. The van der Waals surface area contributed by atoms with E-state index in [-0.39, 0.29) is 11.2 Å². The highest BCUT2D eigenvalue weighted by atomic mass is 16.5. The van der Waals surface area contributed by atoms with Crippen LogP contribution >= 0.6 is 0 Å². The average molecular weight is 532 g/mol. The second kappa shape index (κ2) is 10.4. The fraction of sp³-hybridized carbons (Fsp3) is 0.645. The number of rotatable bonds is 9. The van der Waals surface area contributed by atoms with Crippen molar-refractivity contribution < 1.29 is 4.74 Å². The van der Waals surface area contributed by atoms with Crippen LogP contribution in [0.3, 0.4) is 0 Å². The Morgan fingerprint density at radius 2 is 1.69 bits per heavy atom. The lowest BCUT2D eigenvalue weighted by atomic mass is 9.75. The molecule has 5 unspecified atom stereocenters. The molecule has 4 saturated carbocycles. The lowest BCUT2D eigenvalue weighted by Gasteiger charge is -2.32. The standard InChI is InChI=1S/C31H41N5O3/c1-2-9-35-30(37)27-29(34(31(35)38)11-6-10-33-12-14-39-15-13-33)32-28(36(27)20-21-7-4-3-5-8-21)26-24-17-22-16-23(19-24)25(26)18-22/h3-5,7-8,22-26H,2,6,9-20H2,1H3. The number of hydrogen-bond donors (Lipinski definition) is 0. The molecule has 0 amide bonds. The Kier molecular flexibility index (Phi) is 6.71. The van der Waals surface area contributed by atoms with Gasteiger partial charge in [-0.15, -0.1) is 0 Å². The Morgan fingerprint density at radius 3 is 2.46 bits per heavy atom. The molecule has 2 aromatic heterocycles. The van der Waals surface area contributed by atoms with Gasteiger partial charge in [-0.1, -0.05) is 37.3 Å². The molecular formula is C31H41N5O3. The van der Waals surface area contributed by atoms with E-state index in [4.69, 9.17) is 9.72 Å². The van der Waals surface area contributed by atoms with Crippen LogP contribution in [0.5, 0.6) is 0 Å². The Balaban J connectivity index is 1.35. The molecule has 0 radical (unpaired) electrons. The van der Waals surface area contributed by atoms with E-state index in [0.29, 0.717) is 48.6 Å². The summed E-state index contributed by atoms with van der Waals surface area (Å²) < 4.78 is 11.0. The number of morpholine rings is 1. The highest BCUT2D eigenvalue weighted by Crippen LogP contribution is 2.64. The molecule has 4 aliphatic carbocycles. The van der Waals surface area contributed by atoms with Gasteiger partial charge in [0.25, 0.3) is 5.56 Å². The van der Waals surface area contributed by atoms with Crippen LogP contribution in [0.4, 0.5) is 0 Å². The molecule has 8 heteroatoms. The number of aromatic nitrogens is 4. The maximum Gasteiger partial charge on any atom is 0.332 e. The van der Waals surface area contributed by atoms with Crippen LogP contribution < -0.4 is 11.2 Å². The van der Waals surface area contributed by atoms with Crippen molar-refractivity contribution >= 4 is 11.2 Å². The highest BCUT2D eigenvalue weighted by Gasteiger charge is 2.55. The second-order valence-corrected chi connectivity index (χ2v) is 12.4. The molecule has 39 heavy (non-hydrogen) atoms. The van der Waals surface area contributed by atoms with Crippen LogP contribution in [0.25, 0.3) is 11.2 Å². The fourth-order valence-electron chi connectivity index (χ4n) is 8.53. The maximum atomic E-state index is 14.0. The topological polar surface area (TPSA) is 74.3 Å². The molecule has 5 atom stereocenters. The molecule has 1 aliphatic heterocycles. The van der Waals surface area contributed by atoms with Crippen LogP contribution in [-0.2, 0) is 24.4 Å². The zero-order valence-corrected chi connectivity index (χ0v) is 23.1. The quantitative estimate of drug-likeness (QED) is 0.421. The van der Waals surface area contributed by atoms with E-state index in [9.17, 15) is 9.59 Å². The first-order chi connectivity index (χ1) is 19.1. The first-order valence-corrected chi connectivity index (χ1v) is 15.2. The highest BCUT2D eigenvalue weighted by molar-refractivity contribution is 5.71. The van der Waals surface area contributed by atoms with Crippen LogP contribution in [-0.4, -0.2) is 56.4 Å². The summed E-state index contributed by atoms with van der Waals surface area (Å²) in [6, 6.07) is 10.4. The van der Waals surface area contributed by atoms with Crippen LogP contribution in [0.2, 0.25) is 0 Å². The van der Waals surface area contributed by atoms with Crippen LogP contribution in [0.1, 0.15) is 62.8 Å². The number of hydrogen-bond acceptors (Lipinski definition) is 5. The lowest BCUT2D eigenvalue weighted by Crippen LogP contribution is -2.41. The van der Waals surface area contributed by atoms with Crippen molar-refractivity contribution in [3.05, 3.63) is 62.6 Å². The lowest BCUT2D eigenvalue weighted by molar-refractivity contribution is 0.0369. The normalized spacial score (nSPS) is 28.2. The Hall–Kier alpha value is -2.71. The molecule has 208 valence electrons. The molecule has 0 spiro atoms. The number of benzene rings is 1. The van der Waals surface area contributed by atoms with Crippen molar-refractivity contribution in [2.75, 3.05) is 32.8 Å². The van der Waals surface area contributed by atoms with Crippen molar-refractivity contribution in [1.29, 1.82) is 0 Å². The predicted molar refractivity (Wildman–Crippen MR) is 151 cm³/mol. The molecule has 3 aromatic rings. The van der Waals surface area contributed by atoms with Gasteiger partial charge in [0.15, 0.2) is 11.2 Å². The summed E-state index contributed by atoms with van der Waals surface area (Å²) in [5.74, 6) is 4.44. The molecule has 1 aromatic carbocycles. The third kappa shape index (κ3) is 4.40. The average Bonchev–Trinajstić information content (AvgIpc) is 3.54. The number of nitrogens with zero attached hydrogens (tertiary/aromatic N) is 5. The molecule has 0 N–H and O–H groups in total. The Labute approximate surface area is 229 Å². The zero-order chi connectivity index (χ0) is 26.5. The number of ether oxygens (including phenoxy) is 1. The van der Waals surface area contributed by atoms with E-state index in [1.807, 2.05) is 17.6 Å². The number of imidazole rings is 1. The summed E-state index contributed by atoms with van der Waals surface area (Å²) in [4.78, 5) is 35.5. The number of fused-ring (bicyclic) bond motifs is 1. The molecule has 8 nitrogen and oxygen atoms in total. The van der Waals surface area contributed by atoms with Crippen LogP contribution in [0, 0.1) is 23.7 Å². The summed E-state index contributed by atoms with van der Waals surface area (Å²) in [5.41, 5.74) is 2.00. The SMILES string of the molecule is CCCn1c(=O)c2c(nc(C3C4CC5CC(C4)C3C5)n2Cc2ccccc2)n(CCCN2CCOCC2)c1=O. The van der Waals surface area contributed by atoms with Gasteiger partial charge in [0, 0.05) is 45.2 Å². The largest absolute Gasteiger partial charge is 0.379 e. The minimum atomic E-state index is -0.207. The summed E-state index contributed by atoms with van der Waals surface area (Å²) in [7, 11) is 0. The molecule has 5 fully saturated rings. The van der Waals surface area contributed by atoms with Gasteiger partial charge in [0.1, 0.15) is 5.82 Å². The van der Waals surface area contributed by atoms with E-state index in [1.54, 1.807) is 0 Å². The number of aryl methyl sites for hydroxylation is 1. The van der Waals surface area contributed by atoms with Crippen LogP contribution in [0.15, 0.2) is 39.9 Å². The van der Waals surface area contributed by atoms with Crippen molar-refractivity contribution in [2.45, 2.75) is 71.0 Å². The van der Waals surface area contributed by atoms with E-state index in [0.717, 1.165) is 68.9 Å². The van der Waals surface area contributed by atoms with Crippen molar-refractivity contribution in [2.24, 2.45) is 23.7 Å². The maximum absolute atomic E-state index is 14.0. The molecule has 4 bridgehead atoms. The van der Waals surface area contributed by atoms with Gasteiger partial charge in [-0.05, 0) is 67.8 Å². The minimum Gasteiger partial charge on any atom is -0.379 e. The van der Waals surface area contributed by atoms with Gasteiger partial charge >= 0.3 is 5.69 Å². The summed E-state index contributed by atoms with van der Waals surface area (Å²) in [6.07, 6.45) is 6.84. The summed E-state index contributed by atoms with van der Waals surface area (Å²) >= 11 is 0. The second-order valence-electron chi connectivity index (χ2n) is 12.4. The third-order valence-corrected chi connectivity index (χ3v) is 10.1.